The number of fused-ring (bicyclic) bond motifs is 1. The zero-order valence-corrected chi connectivity index (χ0v) is 15.0. The van der Waals surface area contributed by atoms with E-state index in [1.54, 1.807) is 6.92 Å². The number of benzene rings is 2. The summed E-state index contributed by atoms with van der Waals surface area (Å²) in [7, 11) is 0. The number of nitrogens with one attached hydrogen (secondary N) is 1. The third kappa shape index (κ3) is 4.11. The van der Waals surface area contributed by atoms with Gasteiger partial charge in [-0.3, -0.25) is 4.79 Å². The number of amides is 1. The molecule has 1 atom stereocenters. The summed E-state index contributed by atoms with van der Waals surface area (Å²) in [4.78, 5) is 17.8. The first-order valence-electron chi connectivity index (χ1n) is 9.05. The molecule has 3 aromatic rings. The van der Waals surface area contributed by atoms with E-state index in [-0.39, 0.29) is 11.9 Å². The van der Waals surface area contributed by atoms with Crippen LogP contribution < -0.4 is 0 Å². The number of aromatic amines is 1. The van der Waals surface area contributed by atoms with Gasteiger partial charge in [0, 0.05) is 36.6 Å². The SMILES string of the molecule is CCCC(Cc1c[nH]c2ccccc12)N(Cc1ccccc1)C(C)=O. The Labute approximate surface area is 149 Å². The molecule has 1 N–H and O–H groups in total. The summed E-state index contributed by atoms with van der Waals surface area (Å²) in [5.74, 6) is 0.141. The molecule has 0 aliphatic carbocycles. The predicted octanol–water partition coefficient (Wildman–Crippen LogP) is 4.93. The van der Waals surface area contributed by atoms with Crippen molar-refractivity contribution in [1.82, 2.24) is 9.88 Å². The van der Waals surface area contributed by atoms with Crippen LogP contribution in [0.5, 0.6) is 0 Å². The molecule has 130 valence electrons. The maximum Gasteiger partial charge on any atom is 0.220 e. The molecule has 1 heterocycles. The Hall–Kier alpha value is -2.55. The van der Waals surface area contributed by atoms with Crippen molar-refractivity contribution >= 4 is 16.8 Å². The van der Waals surface area contributed by atoms with E-state index >= 15 is 0 Å². The van der Waals surface area contributed by atoms with Crippen LogP contribution in [0.1, 0.15) is 37.8 Å². The van der Waals surface area contributed by atoms with E-state index in [4.69, 9.17) is 0 Å². The van der Waals surface area contributed by atoms with E-state index in [0.717, 1.165) is 24.8 Å². The Kier molecular flexibility index (Phi) is 5.54. The van der Waals surface area contributed by atoms with Crippen molar-refractivity contribution in [1.29, 1.82) is 0 Å². The maximum absolute atomic E-state index is 12.4. The molecule has 1 aromatic heterocycles. The first-order valence-corrected chi connectivity index (χ1v) is 9.05. The van der Waals surface area contributed by atoms with Crippen molar-refractivity contribution in [2.24, 2.45) is 0 Å². The van der Waals surface area contributed by atoms with Gasteiger partial charge >= 0.3 is 0 Å². The van der Waals surface area contributed by atoms with Gasteiger partial charge in [0.25, 0.3) is 0 Å². The van der Waals surface area contributed by atoms with Crippen LogP contribution in [0.15, 0.2) is 60.8 Å². The van der Waals surface area contributed by atoms with Crippen LogP contribution in [0.4, 0.5) is 0 Å². The molecule has 25 heavy (non-hydrogen) atoms. The quantitative estimate of drug-likeness (QED) is 0.653. The number of hydrogen-bond acceptors (Lipinski definition) is 1. The Morgan fingerprint density at radius 1 is 1.08 bits per heavy atom. The molecule has 0 radical (unpaired) electrons. The normalized spacial score (nSPS) is 12.2. The van der Waals surface area contributed by atoms with Crippen LogP contribution in [-0.2, 0) is 17.8 Å². The molecule has 1 unspecified atom stereocenters. The largest absolute Gasteiger partial charge is 0.361 e. The molecule has 0 saturated carbocycles. The summed E-state index contributed by atoms with van der Waals surface area (Å²) >= 11 is 0. The minimum absolute atomic E-state index is 0.141. The molecule has 1 amide bonds. The summed E-state index contributed by atoms with van der Waals surface area (Å²) in [6.07, 6.45) is 5.04. The van der Waals surface area contributed by atoms with Gasteiger partial charge in [-0.2, -0.15) is 0 Å². The van der Waals surface area contributed by atoms with E-state index in [2.05, 4.69) is 48.4 Å². The smallest absolute Gasteiger partial charge is 0.220 e. The molecule has 0 bridgehead atoms. The standard InChI is InChI=1S/C22H26N2O/c1-3-9-20(14-19-15-23-22-13-8-7-12-21(19)22)24(17(2)25)16-18-10-5-4-6-11-18/h4-8,10-13,15,20,23H,3,9,14,16H2,1-2H3. The van der Waals surface area contributed by atoms with Crippen LogP contribution in [0.3, 0.4) is 0 Å². The van der Waals surface area contributed by atoms with Gasteiger partial charge in [-0.25, -0.2) is 0 Å². The maximum atomic E-state index is 12.4. The zero-order chi connectivity index (χ0) is 17.6. The number of para-hydroxylation sites is 1. The lowest BCUT2D eigenvalue weighted by Gasteiger charge is -2.31. The minimum atomic E-state index is 0.141. The van der Waals surface area contributed by atoms with Gasteiger partial charge in [0.15, 0.2) is 0 Å². The molecule has 0 saturated heterocycles. The summed E-state index contributed by atoms with van der Waals surface area (Å²) in [5, 5.41) is 1.26. The number of hydrogen-bond donors (Lipinski definition) is 1. The first kappa shape index (κ1) is 17.3. The average molecular weight is 334 g/mol. The number of carbonyl (C=O) groups excluding carboxylic acids is 1. The monoisotopic (exact) mass is 334 g/mol. The highest BCUT2D eigenvalue weighted by molar-refractivity contribution is 5.83. The van der Waals surface area contributed by atoms with Crippen molar-refractivity contribution in [3.8, 4) is 0 Å². The third-order valence-corrected chi connectivity index (χ3v) is 4.79. The van der Waals surface area contributed by atoms with E-state index in [0.29, 0.717) is 6.54 Å². The van der Waals surface area contributed by atoms with Crippen LogP contribution in [-0.4, -0.2) is 21.8 Å². The second-order valence-electron chi connectivity index (χ2n) is 6.64. The van der Waals surface area contributed by atoms with Gasteiger partial charge in [0.2, 0.25) is 5.91 Å². The van der Waals surface area contributed by atoms with Crippen LogP contribution in [0.2, 0.25) is 0 Å². The molecule has 0 fully saturated rings. The molecule has 3 heteroatoms. The molecular weight excluding hydrogens is 308 g/mol. The lowest BCUT2D eigenvalue weighted by Crippen LogP contribution is -2.39. The van der Waals surface area contributed by atoms with E-state index in [1.165, 1.54) is 16.5 Å². The van der Waals surface area contributed by atoms with Gasteiger partial charge in [0.05, 0.1) is 0 Å². The third-order valence-electron chi connectivity index (χ3n) is 4.79. The van der Waals surface area contributed by atoms with Crippen molar-refractivity contribution in [3.05, 3.63) is 71.9 Å². The number of carbonyl (C=O) groups is 1. The molecule has 3 rings (SSSR count). The number of nitrogens with zero attached hydrogens (tertiary/aromatic N) is 1. The fourth-order valence-electron chi connectivity index (χ4n) is 3.53. The zero-order valence-electron chi connectivity index (χ0n) is 15.0. The van der Waals surface area contributed by atoms with Gasteiger partial charge in [-0.15, -0.1) is 0 Å². The summed E-state index contributed by atoms with van der Waals surface area (Å²) < 4.78 is 0. The van der Waals surface area contributed by atoms with Crippen molar-refractivity contribution in [2.75, 3.05) is 0 Å². The highest BCUT2D eigenvalue weighted by Gasteiger charge is 2.22. The Morgan fingerprint density at radius 2 is 1.80 bits per heavy atom. The highest BCUT2D eigenvalue weighted by Crippen LogP contribution is 2.23. The van der Waals surface area contributed by atoms with Crippen molar-refractivity contribution in [2.45, 2.75) is 45.7 Å². The highest BCUT2D eigenvalue weighted by atomic mass is 16.2. The predicted molar refractivity (Wildman–Crippen MR) is 103 cm³/mol. The Morgan fingerprint density at radius 3 is 2.52 bits per heavy atom. The van der Waals surface area contributed by atoms with E-state index in [1.807, 2.05) is 29.2 Å². The number of rotatable bonds is 7. The summed E-state index contributed by atoms with van der Waals surface area (Å²) in [6.45, 7) is 4.53. The molecule has 0 aliphatic heterocycles. The number of H-pyrrole nitrogens is 1. The van der Waals surface area contributed by atoms with E-state index < -0.39 is 0 Å². The lowest BCUT2D eigenvalue weighted by molar-refractivity contribution is -0.132. The van der Waals surface area contributed by atoms with E-state index in [9.17, 15) is 4.79 Å². The molecule has 0 aliphatic rings. The fraction of sp³-hybridized carbons (Fsp3) is 0.318. The van der Waals surface area contributed by atoms with Crippen LogP contribution in [0.25, 0.3) is 10.9 Å². The lowest BCUT2D eigenvalue weighted by atomic mass is 9.99. The topological polar surface area (TPSA) is 36.1 Å². The fourth-order valence-corrected chi connectivity index (χ4v) is 3.53. The average Bonchev–Trinajstić information content (AvgIpc) is 3.03. The molecular formula is C22H26N2O. The number of aromatic nitrogens is 1. The van der Waals surface area contributed by atoms with Gasteiger partial charge in [-0.05, 0) is 30.0 Å². The second-order valence-corrected chi connectivity index (χ2v) is 6.64. The van der Waals surface area contributed by atoms with Gasteiger partial charge < -0.3 is 9.88 Å². The van der Waals surface area contributed by atoms with Crippen LogP contribution in [0, 0.1) is 0 Å². The van der Waals surface area contributed by atoms with Crippen LogP contribution >= 0.6 is 0 Å². The summed E-state index contributed by atoms with van der Waals surface area (Å²) in [5.41, 5.74) is 3.62. The molecule has 2 aromatic carbocycles. The molecule has 0 spiro atoms. The van der Waals surface area contributed by atoms with Crippen molar-refractivity contribution in [3.63, 3.8) is 0 Å². The Bertz CT molecular complexity index is 822. The van der Waals surface area contributed by atoms with Crippen molar-refractivity contribution < 1.29 is 4.79 Å². The van der Waals surface area contributed by atoms with Gasteiger partial charge in [-0.1, -0.05) is 61.9 Å². The molecule has 3 nitrogen and oxygen atoms in total. The Balaban J connectivity index is 1.85. The minimum Gasteiger partial charge on any atom is -0.361 e. The van der Waals surface area contributed by atoms with Gasteiger partial charge in [0.1, 0.15) is 0 Å². The second kappa shape index (κ2) is 8.02. The first-order chi connectivity index (χ1) is 12.2. The summed E-state index contributed by atoms with van der Waals surface area (Å²) in [6, 6.07) is 18.8.